The highest BCUT2D eigenvalue weighted by molar-refractivity contribution is 7.98. The minimum Gasteiger partial charge on any atom is -0.267 e. The van der Waals surface area contributed by atoms with Crippen molar-refractivity contribution in [1.82, 2.24) is 5.43 Å². The van der Waals surface area contributed by atoms with Crippen molar-refractivity contribution in [3.63, 3.8) is 0 Å². The predicted octanol–water partition coefficient (Wildman–Crippen LogP) is 3.48. The molecule has 0 heterocycles. The van der Waals surface area contributed by atoms with Gasteiger partial charge in [-0.15, -0.1) is 11.8 Å². The number of hydrogen-bond acceptors (Lipinski definition) is 3. The van der Waals surface area contributed by atoms with Gasteiger partial charge in [0.25, 0.3) is 5.91 Å². The zero-order valence-electron chi connectivity index (χ0n) is 11.5. The van der Waals surface area contributed by atoms with Gasteiger partial charge in [0.1, 0.15) is 0 Å². The summed E-state index contributed by atoms with van der Waals surface area (Å²) in [6.45, 7) is 1.95. The SMILES string of the molecule is CSc1cccc(/C=N/NC(=O)c2cccc(C)c2)c1. The quantitative estimate of drug-likeness (QED) is 0.530. The molecule has 4 heteroatoms. The summed E-state index contributed by atoms with van der Waals surface area (Å²) in [5, 5.41) is 3.99. The maximum Gasteiger partial charge on any atom is 0.271 e. The lowest BCUT2D eigenvalue weighted by Gasteiger charge is -2.01. The van der Waals surface area contributed by atoms with Crippen molar-refractivity contribution < 1.29 is 4.79 Å². The maximum atomic E-state index is 11.9. The normalized spacial score (nSPS) is 10.7. The van der Waals surface area contributed by atoms with Gasteiger partial charge >= 0.3 is 0 Å². The second-order valence-electron chi connectivity index (χ2n) is 4.35. The minimum atomic E-state index is -0.203. The number of aryl methyl sites for hydroxylation is 1. The second kappa shape index (κ2) is 6.91. The predicted molar refractivity (Wildman–Crippen MR) is 84.5 cm³/mol. The molecule has 0 atom stereocenters. The van der Waals surface area contributed by atoms with Gasteiger partial charge in [0, 0.05) is 10.5 Å². The first-order chi connectivity index (χ1) is 9.69. The molecular weight excluding hydrogens is 268 g/mol. The number of nitrogens with one attached hydrogen (secondary N) is 1. The van der Waals surface area contributed by atoms with Crippen molar-refractivity contribution >= 4 is 23.9 Å². The van der Waals surface area contributed by atoms with E-state index >= 15 is 0 Å². The van der Waals surface area contributed by atoms with Crippen LogP contribution in [0.3, 0.4) is 0 Å². The molecule has 1 amide bonds. The molecule has 0 radical (unpaired) electrons. The molecule has 0 aliphatic heterocycles. The van der Waals surface area contributed by atoms with Crippen LogP contribution in [0.2, 0.25) is 0 Å². The lowest BCUT2D eigenvalue weighted by atomic mass is 10.1. The fourth-order valence-corrected chi connectivity index (χ4v) is 2.21. The molecule has 0 fully saturated rings. The van der Waals surface area contributed by atoms with Gasteiger partial charge in [-0.25, -0.2) is 5.43 Å². The van der Waals surface area contributed by atoms with E-state index in [1.54, 1.807) is 24.0 Å². The third kappa shape index (κ3) is 3.96. The van der Waals surface area contributed by atoms with Crippen LogP contribution in [0, 0.1) is 6.92 Å². The highest BCUT2D eigenvalue weighted by Crippen LogP contribution is 2.14. The van der Waals surface area contributed by atoms with Crippen molar-refractivity contribution in [3.8, 4) is 0 Å². The molecule has 0 aliphatic carbocycles. The summed E-state index contributed by atoms with van der Waals surface area (Å²) >= 11 is 1.67. The molecule has 0 bridgehead atoms. The average molecular weight is 284 g/mol. The molecule has 0 aliphatic rings. The fraction of sp³-hybridized carbons (Fsp3) is 0.125. The highest BCUT2D eigenvalue weighted by Gasteiger charge is 2.03. The summed E-state index contributed by atoms with van der Waals surface area (Å²) in [5.74, 6) is -0.203. The molecule has 2 aromatic rings. The van der Waals surface area contributed by atoms with Gasteiger partial charge in [-0.05, 0) is 43.0 Å². The minimum absolute atomic E-state index is 0.203. The van der Waals surface area contributed by atoms with Gasteiger partial charge in [-0.3, -0.25) is 4.79 Å². The first-order valence-electron chi connectivity index (χ1n) is 6.23. The number of benzene rings is 2. The molecule has 2 rings (SSSR count). The lowest BCUT2D eigenvalue weighted by Crippen LogP contribution is -2.17. The molecule has 102 valence electrons. The number of hydrogen-bond donors (Lipinski definition) is 1. The van der Waals surface area contributed by atoms with Crippen molar-refractivity contribution in [2.24, 2.45) is 5.10 Å². The molecule has 1 N–H and O–H groups in total. The van der Waals surface area contributed by atoms with Crippen LogP contribution in [-0.2, 0) is 0 Å². The number of hydrazone groups is 1. The summed E-state index contributed by atoms with van der Waals surface area (Å²) in [5.41, 5.74) is 5.16. The smallest absolute Gasteiger partial charge is 0.267 e. The van der Waals surface area contributed by atoms with E-state index in [0.29, 0.717) is 5.56 Å². The molecule has 0 spiro atoms. The van der Waals surface area contributed by atoms with Crippen molar-refractivity contribution in [1.29, 1.82) is 0 Å². The third-order valence-electron chi connectivity index (χ3n) is 2.75. The Bertz CT molecular complexity index is 638. The van der Waals surface area contributed by atoms with E-state index in [2.05, 4.69) is 10.5 Å². The number of carbonyl (C=O) groups is 1. The van der Waals surface area contributed by atoms with E-state index in [4.69, 9.17) is 0 Å². The average Bonchev–Trinajstić information content (AvgIpc) is 2.47. The number of nitrogens with zero attached hydrogens (tertiary/aromatic N) is 1. The molecule has 0 unspecified atom stereocenters. The molecule has 0 saturated carbocycles. The number of carbonyl (C=O) groups excluding carboxylic acids is 1. The lowest BCUT2D eigenvalue weighted by molar-refractivity contribution is 0.0955. The molecule has 0 aromatic heterocycles. The third-order valence-corrected chi connectivity index (χ3v) is 3.48. The first kappa shape index (κ1) is 14.3. The van der Waals surface area contributed by atoms with Crippen LogP contribution in [-0.4, -0.2) is 18.4 Å². The van der Waals surface area contributed by atoms with Crippen LogP contribution in [0.15, 0.2) is 58.5 Å². The van der Waals surface area contributed by atoms with Crippen molar-refractivity contribution in [2.45, 2.75) is 11.8 Å². The van der Waals surface area contributed by atoms with Crippen LogP contribution >= 0.6 is 11.8 Å². The number of amides is 1. The van der Waals surface area contributed by atoms with Crippen LogP contribution in [0.1, 0.15) is 21.5 Å². The van der Waals surface area contributed by atoms with Gasteiger partial charge in [0.05, 0.1) is 6.21 Å². The van der Waals surface area contributed by atoms with Gasteiger partial charge in [0.2, 0.25) is 0 Å². The Labute approximate surface area is 123 Å². The summed E-state index contributed by atoms with van der Waals surface area (Å²) in [6, 6.07) is 15.4. The first-order valence-corrected chi connectivity index (χ1v) is 7.45. The Morgan fingerprint density at radius 3 is 2.75 bits per heavy atom. The van der Waals surface area contributed by atoms with E-state index in [0.717, 1.165) is 11.1 Å². The van der Waals surface area contributed by atoms with Crippen molar-refractivity contribution in [3.05, 3.63) is 65.2 Å². The van der Waals surface area contributed by atoms with Gasteiger partial charge in [-0.2, -0.15) is 5.10 Å². The fourth-order valence-electron chi connectivity index (χ4n) is 1.74. The maximum absolute atomic E-state index is 11.9. The molecular formula is C16H16N2OS. The summed E-state index contributed by atoms with van der Waals surface area (Å²) in [7, 11) is 0. The van der Waals surface area contributed by atoms with Crippen LogP contribution < -0.4 is 5.43 Å². The summed E-state index contributed by atoms with van der Waals surface area (Å²) < 4.78 is 0. The van der Waals surface area contributed by atoms with E-state index in [1.165, 1.54) is 4.90 Å². The number of rotatable bonds is 4. The van der Waals surface area contributed by atoms with Crippen LogP contribution in [0.5, 0.6) is 0 Å². The summed E-state index contributed by atoms with van der Waals surface area (Å²) in [6.07, 6.45) is 3.67. The molecule has 20 heavy (non-hydrogen) atoms. The van der Waals surface area contributed by atoms with E-state index < -0.39 is 0 Å². The Balaban J connectivity index is 2.00. The highest BCUT2D eigenvalue weighted by atomic mass is 32.2. The molecule has 0 saturated heterocycles. The zero-order chi connectivity index (χ0) is 14.4. The van der Waals surface area contributed by atoms with E-state index in [-0.39, 0.29) is 5.91 Å². The Kier molecular flexibility index (Phi) is 4.96. The van der Waals surface area contributed by atoms with Gasteiger partial charge in [-0.1, -0.05) is 29.8 Å². The van der Waals surface area contributed by atoms with E-state index in [9.17, 15) is 4.79 Å². The number of thioether (sulfide) groups is 1. The molecule has 2 aromatic carbocycles. The standard InChI is InChI=1S/C16H16N2OS/c1-12-5-3-7-14(9-12)16(19)18-17-11-13-6-4-8-15(10-13)20-2/h3-11H,1-2H3,(H,18,19)/b17-11+. The largest absolute Gasteiger partial charge is 0.271 e. The van der Waals surface area contributed by atoms with Gasteiger partial charge < -0.3 is 0 Å². The second-order valence-corrected chi connectivity index (χ2v) is 5.22. The van der Waals surface area contributed by atoms with Crippen LogP contribution in [0.25, 0.3) is 0 Å². The van der Waals surface area contributed by atoms with E-state index in [1.807, 2.05) is 55.6 Å². The molecule has 3 nitrogen and oxygen atoms in total. The Morgan fingerprint density at radius 2 is 2.00 bits per heavy atom. The van der Waals surface area contributed by atoms with Crippen molar-refractivity contribution in [2.75, 3.05) is 6.26 Å². The zero-order valence-corrected chi connectivity index (χ0v) is 12.3. The van der Waals surface area contributed by atoms with Crippen LogP contribution in [0.4, 0.5) is 0 Å². The Hall–Kier alpha value is -2.07. The van der Waals surface area contributed by atoms with Gasteiger partial charge in [0.15, 0.2) is 0 Å². The summed E-state index contributed by atoms with van der Waals surface area (Å²) in [4.78, 5) is 13.0. The Morgan fingerprint density at radius 1 is 1.20 bits per heavy atom. The topological polar surface area (TPSA) is 41.5 Å². The monoisotopic (exact) mass is 284 g/mol.